The number of nitrogens with zero attached hydrogens (tertiary/aromatic N) is 6. The van der Waals surface area contributed by atoms with Crippen LogP contribution in [-0.4, -0.2) is 64.2 Å². The van der Waals surface area contributed by atoms with Crippen LogP contribution in [0.4, 0.5) is 19.0 Å². The maximum Gasteiger partial charge on any atom is 0.534 e. The fourth-order valence-electron chi connectivity index (χ4n) is 4.66. The number of benzene rings is 2. The van der Waals surface area contributed by atoms with Crippen molar-refractivity contribution in [3.63, 3.8) is 0 Å². The Balaban J connectivity index is 1.42. The molecule has 0 atom stereocenters. The molecule has 2 aromatic carbocycles. The Kier molecular flexibility index (Phi) is 9.19. The van der Waals surface area contributed by atoms with Crippen molar-refractivity contribution in [3.8, 4) is 11.4 Å². The number of rotatable bonds is 12. The number of imidazole rings is 1. The number of fused-ring (bicyclic) bond motifs is 2. The predicted molar refractivity (Wildman–Crippen MR) is 169 cm³/mol. The molecule has 12 nitrogen and oxygen atoms in total. The molecule has 0 bridgehead atoms. The van der Waals surface area contributed by atoms with Gasteiger partial charge in [-0.3, -0.25) is 13.9 Å². The molecule has 0 spiro atoms. The topological polar surface area (TPSA) is 143 Å². The van der Waals surface area contributed by atoms with Crippen LogP contribution in [0.3, 0.4) is 0 Å². The normalized spacial score (nSPS) is 12.6. The highest BCUT2D eigenvalue weighted by atomic mass is 32.2. The molecule has 3 aromatic heterocycles. The number of aryl methyl sites for hydroxylation is 1. The van der Waals surface area contributed by atoms with E-state index in [1.807, 2.05) is 0 Å². The molecule has 5 aromatic rings. The van der Waals surface area contributed by atoms with Crippen molar-refractivity contribution in [1.82, 2.24) is 29.1 Å². The molecule has 1 N–H and O–H groups in total. The van der Waals surface area contributed by atoms with E-state index in [1.165, 1.54) is 23.0 Å². The van der Waals surface area contributed by atoms with Gasteiger partial charge in [0.2, 0.25) is 0 Å². The molecule has 0 saturated carbocycles. The zero-order valence-corrected chi connectivity index (χ0v) is 27.3. The zero-order valence-electron chi connectivity index (χ0n) is 25.5. The highest BCUT2D eigenvalue weighted by molar-refractivity contribution is 7.88. The van der Waals surface area contributed by atoms with Gasteiger partial charge in [0.25, 0.3) is 5.56 Å². The molecule has 0 radical (unpaired) electrons. The Hall–Kier alpha value is -4.35. The third kappa shape index (κ3) is 7.21. The molecule has 0 fully saturated rings. The number of nitrogens with one attached hydrogen (secondary N) is 1. The quantitative estimate of drug-likeness (QED) is 0.0828. The van der Waals surface area contributed by atoms with E-state index in [-0.39, 0.29) is 31.2 Å². The number of ether oxygens (including phenoxy) is 1. The summed E-state index contributed by atoms with van der Waals surface area (Å²) >= 11 is 0. The van der Waals surface area contributed by atoms with Crippen LogP contribution in [0, 0.1) is 6.92 Å². The van der Waals surface area contributed by atoms with Crippen molar-refractivity contribution in [2.75, 3.05) is 18.5 Å². The summed E-state index contributed by atoms with van der Waals surface area (Å²) in [5, 5.41) is 3.52. The van der Waals surface area contributed by atoms with Gasteiger partial charge in [-0.2, -0.15) is 21.6 Å². The Morgan fingerprint density at radius 3 is 2.54 bits per heavy atom. The number of hydrogen-bond acceptors (Lipinski definition) is 10. The summed E-state index contributed by atoms with van der Waals surface area (Å²) in [4.78, 5) is 31.6. The summed E-state index contributed by atoms with van der Waals surface area (Å²) in [6, 6.07) is 11.0. The molecule has 0 aliphatic rings. The SMILES string of the molecule is Cc1cccc2nc(CCNc3ncnc4c3ncn4COCC[Si](C)(C)C)n(-c3cccc(OS(=O)(=O)C(F)(F)F)c3)c(=O)c12. The lowest BCUT2D eigenvalue weighted by Crippen LogP contribution is -2.28. The van der Waals surface area contributed by atoms with E-state index in [0.717, 1.165) is 18.2 Å². The lowest BCUT2D eigenvalue weighted by molar-refractivity contribution is -0.0500. The van der Waals surface area contributed by atoms with Crippen molar-refractivity contribution < 1.29 is 30.5 Å². The predicted octanol–water partition coefficient (Wildman–Crippen LogP) is 5.03. The van der Waals surface area contributed by atoms with E-state index in [2.05, 4.69) is 44.1 Å². The molecule has 0 unspecified atom stereocenters. The van der Waals surface area contributed by atoms with Crippen LogP contribution in [0.5, 0.6) is 5.75 Å². The lowest BCUT2D eigenvalue weighted by atomic mass is 10.1. The van der Waals surface area contributed by atoms with Gasteiger partial charge >= 0.3 is 15.6 Å². The van der Waals surface area contributed by atoms with Crippen LogP contribution in [0.25, 0.3) is 27.8 Å². The molecule has 0 saturated heterocycles. The third-order valence-corrected chi connectivity index (χ3v) is 9.69. The molecule has 0 aliphatic heterocycles. The van der Waals surface area contributed by atoms with Crippen LogP contribution in [-0.2, 0) is 28.0 Å². The second-order valence-corrected chi connectivity index (χ2v) is 18.9. The fraction of sp³-hybridized carbons (Fsp3) is 0.345. The summed E-state index contributed by atoms with van der Waals surface area (Å²) in [5.41, 5.74) is -3.86. The van der Waals surface area contributed by atoms with Gasteiger partial charge in [0, 0.05) is 33.7 Å². The van der Waals surface area contributed by atoms with Gasteiger partial charge in [0.15, 0.2) is 11.5 Å². The van der Waals surface area contributed by atoms with E-state index in [9.17, 15) is 26.4 Å². The molecule has 5 rings (SSSR count). The summed E-state index contributed by atoms with van der Waals surface area (Å²) < 4.78 is 75.4. The first kappa shape index (κ1) is 33.0. The number of alkyl halides is 3. The highest BCUT2D eigenvalue weighted by Crippen LogP contribution is 2.28. The van der Waals surface area contributed by atoms with E-state index in [0.29, 0.717) is 40.1 Å². The molecule has 46 heavy (non-hydrogen) atoms. The van der Waals surface area contributed by atoms with Crippen LogP contribution >= 0.6 is 0 Å². The van der Waals surface area contributed by atoms with E-state index in [1.54, 1.807) is 36.0 Å². The van der Waals surface area contributed by atoms with Crippen molar-refractivity contribution in [3.05, 3.63) is 76.9 Å². The van der Waals surface area contributed by atoms with Crippen molar-refractivity contribution in [2.24, 2.45) is 0 Å². The van der Waals surface area contributed by atoms with Gasteiger partial charge in [-0.05, 0) is 36.7 Å². The van der Waals surface area contributed by atoms with E-state index >= 15 is 0 Å². The second kappa shape index (κ2) is 12.8. The summed E-state index contributed by atoms with van der Waals surface area (Å²) in [7, 11) is -7.16. The average molecular weight is 676 g/mol. The first-order valence-electron chi connectivity index (χ1n) is 14.2. The van der Waals surface area contributed by atoms with Gasteiger partial charge < -0.3 is 14.2 Å². The van der Waals surface area contributed by atoms with E-state index < -0.39 is 35.0 Å². The Morgan fingerprint density at radius 1 is 1.04 bits per heavy atom. The van der Waals surface area contributed by atoms with Crippen molar-refractivity contribution in [1.29, 1.82) is 0 Å². The molecule has 3 heterocycles. The molecular formula is C29H32F3N7O5SSi. The first-order chi connectivity index (χ1) is 21.6. The summed E-state index contributed by atoms with van der Waals surface area (Å²) in [5.74, 6) is 0.0984. The number of halogens is 3. The maximum absolute atomic E-state index is 13.8. The van der Waals surface area contributed by atoms with Gasteiger partial charge in [-0.1, -0.05) is 37.8 Å². The van der Waals surface area contributed by atoms with Crippen molar-refractivity contribution in [2.45, 2.75) is 51.3 Å². The summed E-state index contributed by atoms with van der Waals surface area (Å²) in [6.45, 7) is 9.73. The molecular weight excluding hydrogens is 644 g/mol. The van der Waals surface area contributed by atoms with Gasteiger partial charge in [0.05, 0.1) is 22.9 Å². The third-order valence-electron chi connectivity index (χ3n) is 7.01. The number of hydrogen-bond donors (Lipinski definition) is 1. The molecule has 0 aliphatic carbocycles. The maximum atomic E-state index is 13.8. The van der Waals surface area contributed by atoms with Gasteiger partial charge in [-0.25, -0.2) is 19.9 Å². The monoisotopic (exact) mass is 675 g/mol. The second-order valence-electron chi connectivity index (χ2n) is 11.8. The minimum atomic E-state index is -5.92. The van der Waals surface area contributed by atoms with Crippen LogP contribution in [0.15, 0.2) is 59.9 Å². The largest absolute Gasteiger partial charge is 0.534 e. The standard InChI is InChI=1S/C29H32F3N7O5SSi/c1-19-7-5-10-22-24(19)28(40)39(20-8-6-9-21(15-20)44-45(41,42)29(30,31)32)23(37-22)11-12-33-26-25-27(35-16-34-26)38(17-36-25)18-43-13-14-46(2,3)4/h5-10,15-17H,11-14,18H2,1-4H3,(H,33,34,35). The minimum absolute atomic E-state index is 0.0739. The van der Waals surface area contributed by atoms with Crippen LogP contribution in [0.2, 0.25) is 25.7 Å². The smallest absolute Gasteiger partial charge is 0.376 e. The Bertz CT molecular complexity index is 2060. The average Bonchev–Trinajstić information content (AvgIpc) is 3.38. The number of aromatic nitrogens is 6. The van der Waals surface area contributed by atoms with Crippen molar-refractivity contribution >= 4 is 46.1 Å². The molecule has 0 amide bonds. The number of anilines is 1. The molecule has 244 valence electrons. The Labute approximate surface area is 263 Å². The van der Waals surface area contributed by atoms with Crippen LogP contribution in [0.1, 0.15) is 11.4 Å². The zero-order chi connectivity index (χ0) is 33.3. The van der Waals surface area contributed by atoms with Gasteiger partial charge in [0.1, 0.15) is 30.1 Å². The minimum Gasteiger partial charge on any atom is -0.376 e. The van der Waals surface area contributed by atoms with E-state index in [4.69, 9.17) is 9.72 Å². The van der Waals surface area contributed by atoms with Crippen LogP contribution < -0.4 is 15.1 Å². The fourth-order valence-corrected chi connectivity index (χ4v) is 5.87. The van der Waals surface area contributed by atoms with Gasteiger partial charge in [-0.15, -0.1) is 0 Å². The lowest BCUT2D eigenvalue weighted by Gasteiger charge is -2.16. The first-order valence-corrected chi connectivity index (χ1v) is 19.4. The molecule has 17 heteroatoms. The Morgan fingerprint density at radius 2 is 1.80 bits per heavy atom. The summed E-state index contributed by atoms with van der Waals surface area (Å²) in [6.07, 6.45) is 3.19. The highest BCUT2D eigenvalue weighted by Gasteiger charge is 2.48.